The molecule has 1 aliphatic rings. The summed E-state index contributed by atoms with van der Waals surface area (Å²) < 4.78 is 0.631. The van der Waals surface area contributed by atoms with E-state index in [4.69, 9.17) is 0 Å². The van der Waals surface area contributed by atoms with Crippen LogP contribution >= 0.6 is 0 Å². The summed E-state index contributed by atoms with van der Waals surface area (Å²) in [6.45, 7) is 0.0243. The summed E-state index contributed by atoms with van der Waals surface area (Å²) in [4.78, 5) is 20.7. The fourth-order valence-corrected chi connectivity index (χ4v) is 0.593. The number of rotatable bonds is 0. The molecule has 0 radical (unpaired) electrons. The lowest BCUT2D eigenvalue weighted by molar-refractivity contribution is -0.469. The van der Waals surface area contributed by atoms with Gasteiger partial charge in [-0.2, -0.15) is 0 Å². The van der Waals surface area contributed by atoms with Crippen LogP contribution in [0.15, 0.2) is 12.3 Å². The number of hydrogen-bond acceptors (Lipinski definition) is 2. The van der Waals surface area contributed by atoms with Crippen molar-refractivity contribution in [3.63, 3.8) is 0 Å². The van der Waals surface area contributed by atoms with E-state index in [0.29, 0.717) is 11.2 Å². The minimum Gasteiger partial charge on any atom is -0.292 e. The molecule has 0 aromatic rings. The highest BCUT2D eigenvalue weighted by atomic mass is 16.3. The Bertz CT molecular complexity index is 160. The van der Waals surface area contributed by atoms with E-state index in [1.165, 1.54) is 6.20 Å². The van der Waals surface area contributed by atoms with Gasteiger partial charge in [0.15, 0.2) is 0 Å². The number of Topliss-reactive ketones (excluding diaryl/α,β-unsaturated/α-hetero) is 1. The predicted molar refractivity (Wildman–Crippen MR) is 27.3 cm³/mol. The Labute approximate surface area is 46.6 Å². The Balaban J connectivity index is 2.68. The molecule has 42 valence electrons. The summed E-state index contributed by atoms with van der Waals surface area (Å²) in [5.41, 5.74) is 0. The van der Waals surface area contributed by atoms with Gasteiger partial charge in [0.1, 0.15) is 0 Å². The topological polar surface area (TPSA) is 37.1 Å². The van der Waals surface area contributed by atoms with Crippen LogP contribution in [0, 0.1) is 4.91 Å². The zero-order chi connectivity index (χ0) is 5.98. The Morgan fingerprint density at radius 2 is 2.38 bits per heavy atom. The van der Waals surface area contributed by atoms with Crippen molar-refractivity contribution >= 4 is 5.78 Å². The van der Waals surface area contributed by atoms with Gasteiger partial charge in [-0.1, -0.05) is 0 Å². The van der Waals surface area contributed by atoms with Gasteiger partial charge >= 0.3 is 0 Å². The molecule has 0 N–H and O–H groups in total. The third-order valence-corrected chi connectivity index (χ3v) is 0.949. The first-order valence-electron chi connectivity index (χ1n) is 2.41. The van der Waals surface area contributed by atoms with Crippen molar-refractivity contribution < 1.29 is 9.55 Å². The van der Waals surface area contributed by atoms with E-state index in [1.54, 1.807) is 6.08 Å². The number of nitrogens with zero attached hydrogens (tertiary/aromatic N) is 1. The maximum absolute atomic E-state index is 10.4. The van der Waals surface area contributed by atoms with Crippen LogP contribution in [0.3, 0.4) is 0 Å². The maximum Gasteiger partial charge on any atom is 0.256 e. The average Bonchev–Trinajstić information content (AvgIpc) is 1.64. The van der Waals surface area contributed by atoms with Crippen molar-refractivity contribution in [1.82, 2.24) is 0 Å². The standard InChI is InChI=1S/C5H6NO2/c7-5-2-1-3-6(8)4-5/h1,3H,2,4H2/q+1. The maximum atomic E-state index is 10.4. The second-order valence-corrected chi connectivity index (χ2v) is 1.70. The van der Waals surface area contributed by atoms with Crippen LogP contribution in [-0.4, -0.2) is 17.1 Å². The highest BCUT2D eigenvalue weighted by Crippen LogP contribution is 1.94. The summed E-state index contributed by atoms with van der Waals surface area (Å²) >= 11 is 0. The Kier molecular flexibility index (Phi) is 1.20. The van der Waals surface area contributed by atoms with Crippen molar-refractivity contribution in [2.24, 2.45) is 0 Å². The molecule has 0 atom stereocenters. The van der Waals surface area contributed by atoms with Gasteiger partial charge < -0.3 is 0 Å². The lowest BCUT2D eigenvalue weighted by Gasteiger charge is -1.90. The lowest BCUT2D eigenvalue weighted by Crippen LogP contribution is -2.16. The second-order valence-electron chi connectivity index (χ2n) is 1.70. The molecule has 0 amide bonds. The number of carbonyl (C=O) groups is 1. The van der Waals surface area contributed by atoms with Crippen LogP contribution in [0.2, 0.25) is 0 Å². The highest BCUT2D eigenvalue weighted by molar-refractivity contribution is 5.81. The normalized spacial score (nSPS) is 19.5. The Hall–Kier alpha value is -0.990. The van der Waals surface area contributed by atoms with Crippen molar-refractivity contribution in [3.8, 4) is 0 Å². The summed E-state index contributed by atoms with van der Waals surface area (Å²) in [5.74, 6) is -0.0116. The molecule has 0 bridgehead atoms. The van der Waals surface area contributed by atoms with E-state index in [2.05, 4.69) is 0 Å². The van der Waals surface area contributed by atoms with Gasteiger partial charge in [-0.15, -0.1) is 0 Å². The Morgan fingerprint density at radius 3 is 2.75 bits per heavy atom. The van der Waals surface area contributed by atoms with Crippen LogP contribution in [-0.2, 0) is 4.79 Å². The third-order valence-electron chi connectivity index (χ3n) is 0.949. The van der Waals surface area contributed by atoms with Crippen molar-refractivity contribution in [2.45, 2.75) is 6.42 Å². The molecule has 1 rings (SSSR count). The van der Waals surface area contributed by atoms with Crippen LogP contribution in [0.5, 0.6) is 0 Å². The molecule has 0 saturated carbocycles. The van der Waals surface area contributed by atoms with E-state index in [-0.39, 0.29) is 12.3 Å². The summed E-state index contributed by atoms with van der Waals surface area (Å²) in [5, 5.41) is 0. The first-order chi connectivity index (χ1) is 3.79. The van der Waals surface area contributed by atoms with Crippen molar-refractivity contribution in [2.75, 3.05) is 6.54 Å². The van der Waals surface area contributed by atoms with Crippen molar-refractivity contribution in [1.29, 1.82) is 0 Å². The van der Waals surface area contributed by atoms with E-state index < -0.39 is 0 Å². The fraction of sp³-hybridized carbons (Fsp3) is 0.400. The molecule has 0 aromatic heterocycles. The van der Waals surface area contributed by atoms with Gasteiger partial charge in [0.25, 0.3) is 6.54 Å². The zero-order valence-corrected chi connectivity index (χ0v) is 4.33. The Morgan fingerprint density at radius 1 is 1.62 bits per heavy atom. The van der Waals surface area contributed by atoms with Crippen LogP contribution < -0.4 is 0 Å². The largest absolute Gasteiger partial charge is 0.292 e. The van der Waals surface area contributed by atoms with E-state index in [9.17, 15) is 9.70 Å². The summed E-state index contributed by atoms with van der Waals surface area (Å²) in [6.07, 6.45) is 3.36. The van der Waals surface area contributed by atoms with Crippen LogP contribution in [0.1, 0.15) is 6.42 Å². The van der Waals surface area contributed by atoms with E-state index in [0.717, 1.165) is 0 Å². The van der Waals surface area contributed by atoms with E-state index in [1.807, 2.05) is 0 Å². The van der Waals surface area contributed by atoms with Gasteiger partial charge in [0.05, 0.1) is 0 Å². The van der Waals surface area contributed by atoms with Gasteiger partial charge in [0, 0.05) is 16.1 Å². The van der Waals surface area contributed by atoms with E-state index >= 15 is 0 Å². The fourth-order valence-electron chi connectivity index (χ4n) is 0.593. The smallest absolute Gasteiger partial charge is 0.256 e. The monoisotopic (exact) mass is 112 g/mol. The number of nitroso groups, excluding NO2 is 1. The average molecular weight is 112 g/mol. The summed E-state index contributed by atoms with van der Waals surface area (Å²) in [7, 11) is 0. The highest BCUT2D eigenvalue weighted by Gasteiger charge is 2.15. The van der Waals surface area contributed by atoms with Crippen LogP contribution in [0.25, 0.3) is 0 Å². The minimum atomic E-state index is -0.0116. The van der Waals surface area contributed by atoms with Crippen LogP contribution in [0.4, 0.5) is 0 Å². The SMILES string of the molecule is O=C1CC=C[N+](=O)C1. The molecule has 3 heteroatoms. The molecule has 0 spiro atoms. The van der Waals surface area contributed by atoms with Gasteiger partial charge in [-0.05, 0) is 6.08 Å². The predicted octanol–water partition coefficient (Wildman–Crippen LogP) is 0.252. The number of allylic oxidation sites excluding steroid dienone is 1. The molecule has 0 unspecified atom stereocenters. The van der Waals surface area contributed by atoms with Crippen molar-refractivity contribution in [3.05, 3.63) is 17.2 Å². The van der Waals surface area contributed by atoms with Gasteiger partial charge in [-0.3, -0.25) is 4.79 Å². The first-order valence-corrected chi connectivity index (χ1v) is 2.41. The molecule has 0 saturated heterocycles. The zero-order valence-electron chi connectivity index (χ0n) is 4.33. The molecular formula is C5H6NO2+. The molecule has 1 heterocycles. The third kappa shape index (κ3) is 0.992. The first kappa shape index (κ1) is 5.15. The molecule has 8 heavy (non-hydrogen) atoms. The lowest BCUT2D eigenvalue weighted by atomic mass is 10.2. The van der Waals surface area contributed by atoms with Gasteiger partial charge in [0.2, 0.25) is 12.0 Å². The molecule has 3 nitrogen and oxygen atoms in total. The molecule has 1 aliphatic heterocycles. The quantitative estimate of drug-likeness (QED) is 0.421. The number of ketones is 1. The number of hydrogen-bond donors (Lipinski definition) is 0. The molecule has 0 fully saturated rings. The molecular weight excluding hydrogens is 106 g/mol. The molecule has 0 aliphatic carbocycles. The number of carbonyl (C=O) groups excluding carboxylic acids is 1. The minimum absolute atomic E-state index is 0.0116. The second kappa shape index (κ2) is 1.86. The molecule has 0 aromatic carbocycles. The van der Waals surface area contributed by atoms with Gasteiger partial charge in [-0.25, -0.2) is 0 Å². The summed E-state index contributed by atoms with van der Waals surface area (Å²) in [6, 6.07) is 0.